The fraction of sp³-hybridized carbons (Fsp3) is 0.941. The summed E-state index contributed by atoms with van der Waals surface area (Å²) in [5.41, 5.74) is 0.306. The van der Waals surface area contributed by atoms with Crippen molar-refractivity contribution in [3.63, 3.8) is 0 Å². The average molecular weight is 1250 g/mol. The Morgan fingerprint density at radius 2 is 0.716 bits per heavy atom. The van der Waals surface area contributed by atoms with E-state index in [1.807, 2.05) is 13.8 Å². The van der Waals surface area contributed by atoms with Crippen LogP contribution in [0.2, 0.25) is 0 Å². The summed E-state index contributed by atoms with van der Waals surface area (Å²) in [6.45, 7) is 15.0. The molecule has 0 bridgehead atoms. The standard InChI is InChI=1S/C68H114O20/c1-45(53-11-13-55-51-9-7-47-39-49(71)15-19-65(47,3)57(51)17-21-67(53,55)5)63(75)85-41-59(87-61(73)43-83-37-35-81-33-31-79-29-27-77-25-23-69)60(88-62(74)44-84-38-36-82-34-32-80-30-28-78-26-24-70)42-86-64(76)46(2)54-12-14-56-52-10-8-48-40-50(72)16-20-66(48,4)58(52)18-22-68(54,56)6/h45-60,69-72H,7-44H2,1-6H3/t45-,46-,47-,48-,49-,50-,51-,52-,53+,54+,55-,56-,57-,58-,59-,60-,65-,66-,67+,68+/m0/s1. The molecule has 0 aliphatic heterocycles. The quantitative estimate of drug-likeness (QED) is 0.0270. The summed E-state index contributed by atoms with van der Waals surface area (Å²) in [6, 6.07) is 0. The van der Waals surface area contributed by atoms with Crippen LogP contribution in [0, 0.1) is 92.7 Å². The first-order valence-electron chi connectivity index (χ1n) is 34.3. The predicted molar refractivity (Wildman–Crippen MR) is 323 cm³/mol. The molecular formula is C68H114O20. The van der Waals surface area contributed by atoms with Crippen LogP contribution in [0.1, 0.15) is 157 Å². The lowest BCUT2D eigenvalue weighted by molar-refractivity contribution is -0.189. The number of carbonyl (C=O) groups is 4. The number of ether oxygens (including phenoxy) is 12. The fourth-order valence-electron chi connectivity index (χ4n) is 19.7. The zero-order chi connectivity index (χ0) is 62.9. The van der Waals surface area contributed by atoms with E-state index in [2.05, 4.69) is 27.7 Å². The highest BCUT2D eigenvalue weighted by molar-refractivity contribution is 5.74. The topological polar surface area (TPSA) is 260 Å². The summed E-state index contributed by atoms with van der Waals surface area (Å²) in [6.07, 6.45) is 15.2. The van der Waals surface area contributed by atoms with Crippen molar-refractivity contribution in [3.05, 3.63) is 0 Å². The number of aliphatic hydroxyl groups is 4. The Morgan fingerprint density at radius 1 is 0.398 bits per heavy atom. The van der Waals surface area contributed by atoms with E-state index in [-0.39, 0.29) is 112 Å². The van der Waals surface area contributed by atoms with Gasteiger partial charge in [0.15, 0.2) is 12.2 Å². The fourth-order valence-corrected chi connectivity index (χ4v) is 19.7. The monoisotopic (exact) mass is 1250 g/mol. The van der Waals surface area contributed by atoms with E-state index in [4.69, 9.17) is 67.1 Å². The van der Waals surface area contributed by atoms with Crippen molar-refractivity contribution >= 4 is 23.9 Å². The van der Waals surface area contributed by atoms with Crippen molar-refractivity contribution < 1.29 is 96.4 Å². The van der Waals surface area contributed by atoms with E-state index < -0.39 is 74.3 Å². The second kappa shape index (κ2) is 34.0. The number of carbonyl (C=O) groups excluding carboxylic acids is 4. The van der Waals surface area contributed by atoms with Gasteiger partial charge < -0.3 is 77.3 Å². The van der Waals surface area contributed by atoms with Crippen LogP contribution in [0.25, 0.3) is 0 Å². The van der Waals surface area contributed by atoms with E-state index in [1.165, 1.54) is 0 Å². The number of hydrogen-bond acceptors (Lipinski definition) is 20. The van der Waals surface area contributed by atoms with E-state index in [0.29, 0.717) is 87.0 Å². The van der Waals surface area contributed by atoms with Crippen molar-refractivity contribution in [1.82, 2.24) is 0 Å². The first-order valence-corrected chi connectivity index (χ1v) is 34.3. The molecule has 0 unspecified atom stereocenters. The Labute approximate surface area is 524 Å². The smallest absolute Gasteiger partial charge is 0.332 e. The van der Waals surface area contributed by atoms with Gasteiger partial charge in [-0.1, -0.05) is 41.5 Å². The SMILES string of the molecule is C[C@H](C(=O)OC[C@H](OC(=O)COCCOCCOCCOCCO)[C@H](COC(=O)[C@@H](C)[C@H]1CC[C@H]2[C@@H]3CC[C@H]4C[C@@H](O)CC[C@]4(C)[C@H]3CC[C@]12C)OC(=O)COCCOCCOCCOCCO)[C@H]1CC[C@H]2[C@@H]3CC[C@H]4C[C@@H](O)CC[C@]4(C)[C@H]3CC[C@]12C. The molecule has 0 saturated heterocycles. The molecular weight excluding hydrogens is 1140 g/mol. The third-order valence-electron chi connectivity index (χ3n) is 24.3. The Kier molecular flexibility index (Phi) is 27.5. The van der Waals surface area contributed by atoms with Crippen LogP contribution in [0.3, 0.4) is 0 Å². The minimum Gasteiger partial charge on any atom is -0.461 e. The molecule has 0 aromatic heterocycles. The number of hydrogen-bond donors (Lipinski definition) is 4. The van der Waals surface area contributed by atoms with Crippen molar-refractivity contribution in [2.24, 2.45) is 92.7 Å². The third kappa shape index (κ3) is 17.6. The molecule has 506 valence electrons. The van der Waals surface area contributed by atoms with Crippen LogP contribution in [-0.4, -0.2) is 201 Å². The van der Waals surface area contributed by atoms with Gasteiger partial charge in [0.1, 0.15) is 26.4 Å². The molecule has 0 amide bonds. The van der Waals surface area contributed by atoms with Gasteiger partial charge in [-0.15, -0.1) is 0 Å². The second-order valence-electron chi connectivity index (χ2n) is 28.7. The van der Waals surface area contributed by atoms with Gasteiger partial charge in [0.2, 0.25) is 0 Å². The molecule has 8 rings (SSSR count). The summed E-state index contributed by atoms with van der Waals surface area (Å²) in [5, 5.41) is 39.0. The Morgan fingerprint density at radius 3 is 1.07 bits per heavy atom. The molecule has 88 heavy (non-hydrogen) atoms. The molecule has 20 heteroatoms. The highest BCUT2D eigenvalue weighted by Gasteiger charge is 2.63. The van der Waals surface area contributed by atoms with Crippen molar-refractivity contribution in [2.45, 2.75) is 182 Å². The molecule has 4 N–H and O–H groups in total. The van der Waals surface area contributed by atoms with E-state index in [1.54, 1.807) is 0 Å². The third-order valence-corrected chi connectivity index (χ3v) is 24.3. The molecule has 0 radical (unpaired) electrons. The molecule has 0 heterocycles. The molecule has 8 aliphatic carbocycles. The van der Waals surface area contributed by atoms with E-state index in [0.717, 1.165) is 116 Å². The van der Waals surface area contributed by atoms with Crippen LogP contribution < -0.4 is 0 Å². The molecule has 0 spiro atoms. The maximum absolute atomic E-state index is 14.6. The minimum atomic E-state index is -1.40. The van der Waals surface area contributed by atoms with Crippen LogP contribution in [0.4, 0.5) is 0 Å². The second-order valence-corrected chi connectivity index (χ2v) is 28.7. The van der Waals surface area contributed by atoms with Crippen LogP contribution in [0.15, 0.2) is 0 Å². The molecule has 0 aromatic rings. The zero-order valence-electron chi connectivity index (χ0n) is 54.4. The number of aliphatic hydroxyl groups excluding tert-OH is 4. The highest BCUT2D eigenvalue weighted by atomic mass is 16.6. The number of fused-ring (bicyclic) bond motifs is 10. The maximum Gasteiger partial charge on any atom is 0.332 e. The molecule has 20 atom stereocenters. The summed E-state index contributed by atoms with van der Waals surface area (Å²) < 4.78 is 68.5. The van der Waals surface area contributed by atoms with Crippen molar-refractivity contribution in [2.75, 3.05) is 132 Å². The molecule has 8 saturated carbocycles. The first-order chi connectivity index (χ1) is 42.4. The zero-order valence-corrected chi connectivity index (χ0v) is 54.4. The largest absolute Gasteiger partial charge is 0.461 e. The Bertz CT molecular complexity index is 2010. The lowest BCUT2D eigenvalue weighted by Crippen LogP contribution is -2.54. The van der Waals surface area contributed by atoms with Gasteiger partial charge in [-0.05, 0) is 196 Å². The summed E-state index contributed by atoms with van der Waals surface area (Å²) >= 11 is 0. The summed E-state index contributed by atoms with van der Waals surface area (Å²) in [4.78, 5) is 56.9. The van der Waals surface area contributed by atoms with Gasteiger partial charge in [-0.2, -0.15) is 0 Å². The Hall–Kier alpha value is -2.60. The van der Waals surface area contributed by atoms with E-state index in [9.17, 15) is 29.4 Å². The van der Waals surface area contributed by atoms with Crippen LogP contribution in [0.5, 0.6) is 0 Å². The summed E-state index contributed by atoms with van der Waals surface area (Å²) in [7, 11) is 0. The molecule has 8 aliphatic rings. The van der Waals surface area contributed by atoms with Gasteiger partial charge in [-0.3, -0.25) is 9.59 Å². The highest BCUT2D eigenvalue weighted by Crippen LogP contribution is 2.70. The van der Waals surface area contributed by atoms with Crippen LogP contribution >= 0.6 is 0 Å². The van der Waals surface area contributed by atoms with Gasteiger partial charge in [0, 0.05) is 0 Å². The summed E-state index contributed by atoms with van der Waals surface area (Å²) in [5.74, 6) is 1.05. The van der Waals surface area contributed by atoms with Crippen molar-refractivity contribution in [1.29, 1.82) is 0 Å². The Balaban J connectivity index is 0.925. The lowest BCUT2D eigenvalue weighted by atomic mass is 9.44. The van der Waals surface area contributed by atoms with Crippen LogP contribution in [-0.2, 0) is 76.0 Å². The average Bonchev–Trinajstić information content (AvgIpc) is 1.61. The predicted octanol–water partition coefficient (Wildman–Crippen LogP) is 7.33. The van der Waals surface area contributed by atoms with Crippen molar-refractivity contribution in [3.8, 4) is 0 Å². The molecule has 8 fully saturated rings. The van der Waals surface area contributed by atoms with Gasteiger partial charge in [0.05, 0.1) is 130 Å². The maximum atomic E-state index is 14.6. The lowest BCUT2D eigenvalue weighted by Gasteiger charge is -2.61. The minimum absolute atomic E-state index is 0.0479. The van der Waals surface area contributed by atoms with Gasteiger partial charge in [0.25, 0.3) is 0 Å². The molecule has 20 nitrogen and oxygen atoms in total. The first kappa shape index (κ1) is 71.3. The number of esters is 4. The van der Waals surface area contributed by atoms with Gasteiger partial charge in [-0.25, -0.2) is 9.59 Å². The normalized spacial score (nSPS) is 36.2. The number of rotatable bonds is 37. The van der Waals surface area contributed by atoms with E-state index >= 15 is 0 Å². The molecule has 0 aromatic carbocycles. The van der Waals surface area contributed by atoms with Gasteiger partial charge >= 0.3 is 23.9 Å².